The Morgan fingerprint density at radius 2 is 2.20 bits per heavy atom. The smallest absolute Gasteiger partial charge is 0.208 e. The second-order valence-electron chi connectivity index (χ2n) is 3.10. The molecule has 0 unspecified atom stereocenters. The molecule has 0 aromatic carbocycles. The van der Waals surface area contributed by atoms with Gasteiger partial charge in [-0.3, -0.25) is 0 Å². The molecule has 0 bridgehead atoms. The van der Waals surface area contributed by atoms with E-state index in [1.807, 2.05) is 6.07 Å². The van der Waals surface area contributed by atoms with Crippen LogP contribution in [-0.2, 0) is 16.6 Å². The lowest BCUT2D eigenvalue weighted by Gasteiger charge is -2.03. The summed E-state index contributed by atoms with van der Waals surface area (Å²) in [6.45, 7) is 1.80. The molecule has 0 amide bonds. The van der Waals surface area contributed by atoms with Gasteiger partial charge in [0.2, 0.25) is 10.0 Å². The standard InChI is InChI=1S/C8H13BrN2O2S2/c1-15(12,13)11-3-2-10-5-7-4-8(9)14-6-7/h4,6,10-11H,2-3,5H2,1H3. The van der Waals surface area contributed by atoms with E-state index in [1.165, 1.54) is 5.56 Å². The van der Waals surface area contributed by atoms with Crippen molar-refractivity contribution in [3.05, 3.63) is 20.8 Å². The molecule has 0 saturated heterocycles. The highest BCUT2D eigenvalue weighted by Gasteiger charge is 1.99. The third-order valence-electron chi connectivity index (χ3n) is 1.62. The van der Waals surface area contributed by atoms with Crippen LogP contribution in [-0.4, -0.2) is 27.8 Å². The first-order valence-electron chi connectivity index (χ1n) is 4.35. The van der Waals surface area contributed by atoms with Crippen molar-refractivity contribution in [1.82, 2.24) is 10.0 Å². The maximum absolute atomic E-state index is 10.7. The Morgan fingerprint density at radius 1 is 1.47 bits per heavy atom. The Bertz CT molecular complexity index is 403. The van der Waals surface area contributed by atoms with E-state index in [9.17, 15) is 8.42 Å². The molecule has 7 heteroatoms. The molecule has 4 nitrogen and oxygen atoms in total. The minimum absolute atomic E-state index is 0.421. The van der Waals surface area contributed by atoms with Crippen LogP contribution in [0.2, 0.25) is 0 Å². The molecule has 1 rings (SSSR count). The molecule has 86 valence electrons. The number of thiophene rings is 1. The topological polar surface area (TPSA) is 58.2 Å². The van der Waals surface area contributed by atoms with Gasteiger partial charge in [-0.25, -0.2) is 13.1 Å². The SMILES string of the molecule is CS(=O)(=O)NCCNCc1csc(Br)c1. The van der Waals surface area contributed by atoms with Crippen LogP contribution in [0.5, 0.6) is 0 Å². The zero-order chi connectivity index (χ0) is 11.3. The Morgan fingerprint density at radius 3 is 2.73 bits per heavy atom. The number of rotatable bonds is 6. The highest BCUT2D eigenvalue weighted by atomic mass is 79.9. The van der Waals surface area contributed by atoms with Crippen molar-refractivity contribution in [2.75, 3.05) is 19.3 Å². The summed E-state index contributed by atoms with van der Waals surface area (Å²) in [4.78, 5) is 0. The van der Waals surface area contributed by atoms with Crippen molar-refractivity contribution in [2.24, 2.45) is 0 Å². The van der Waals surface area contributed by atoms with Gasteiger partial charge in [0.05, 0.1) is 10.0 Å². The van der Waals surface area contributed by atoms with Crippen LogP contribution in [0.1, 0.15) is 5.56 Å². The fraction of sp³-hybridized carbons (Fsp3) is 0.500. The molecule has 2 N–H and O–H groups in total. The first-order chi connectivity index (χ1) is 6.97. The molecule has 0 aliphatic heterocycles. The molecular weight excluding hydrogens is 300 g/mol. The lowest BCUT2D eigenvalue weighted by atomic mass is 10.3. The highest BCUT2D eigenvalue weighted by molar-refractivity contribution is 9.11. The summed E-state index contributed by atoms with van der Waals surface area (Å²) in [5.74, 6) is 0. The molecule has 1 aromatic heterocycles. The van der Waals surface area contributed by atoms with Gasteiger partial charge in [0, 0.05) is 19.6 Å². The Kier molecular flexibility index (Phi) is 5.20. The third-order valence-corrected chi connectivity index (χ3v) is 3.90. The summed E-state index contributed by atoms with van der Waals surface area (Å²) in [6, 6.07) is 2.04. The van der Waals surface area contributed by atoms with Crippen molar-refractivity contribution in [2.45, 2.75) is 6.54 Å². The first kappa shape index (κ1) is 13.1. The second-order valence-corrected chi connectivity index (χ2v) is 7.23. The minimum atomic E-state index is -3.06. The molecule has 0 atom stereocenters. The zero-order valence-corrected chi connectivity index (χ0v) is 11.5. The van der Waals surface area contributed by atoms with E-state index in [-0.39, 0.29) is 0 Å². The van der Waals surface area contributed by atoms with Crippen LogP contribution >= 0.6 is 27.3 Å². The van der Waals surface area contributed by atoms with Crippen molar-refractivity contribution in [1.29, 1.82) is 0 Å². The number of sulfonamides is 1. The van der Waals surface area contributed by atoms with E-state index in [0.717, 1.165) is 16.6 Å². The highest BCUT2D eigenvalue weighted by Crippen LogP contribution is 2.20. The predicted molar refractivity (Wildman–Crippen MR) is 66.6 cm³/mol. The normalized spacial score (nSPS) is 11.9. The molecule has 15 heavy (non-hydrogen) atoms. The zero-order valence-electron chi connectivity index (χ0n) is 8.29. The summed E-state index contributed by atoms with van der Waals surface area (Å²) < 4.78 is 25.0. The van der Waals surface area contributed by atoms with E-state index in [1.54, 1.807) is 11.3 Å². The van der Waals surface area contributed by atoms with E-state index in [0.29, 0.717) is 13.1 Å². The van der Waals surface area contributed by atoms with E-state index >= 15 is 0 Å². The van der Waals surface area contributed by atoms with Gasteiger partial charge in [0.1, 0.15) is 0 Å². The van der Waals surface area contributed by atoms with Crippen molar-refractivity contribution < 1.29 is 8.42 Å². The van der Waals surface area contributed by atoms with Crippen LogP contribution in [0, 0.1) is 0 Å². The van der Waals surface area contributed by atoms with Crippen molar-refractivity contribution in [3.8, 4) is 0 Å². The molecule has 0 saturated carbocycles. The Labute approximate surface area is 102 Å². The minimum Gasteiger partial charge on any atom is -0.311 e. The lowest BCUT2D eigenvalue weighted by Crippen LogP contribution is -2.30. The van der Waals surface area contributed by atoms with Gasteiger partial charge in [-0.15, -0.1) is 11.3 Å². The predicted octanol–water partition coefficient (Wildman–Crippen LogP) is 1.15. The molecular formula is C8H13BrN2O2S2. The van der Waals surface area contributed by atoms with Crippen LogP contribution < -0.4 is 10.0 Å². The van der Waals surface area contributed by atoms with Gasteiger partial charge in [-0.2, -0.15) is 0 Å². The van der Waals surface area contributed by atoms with E-state index < -0.39 is 10.0 Å². The maximum atomic E-state index is 10.7. The van der Waals surface area contributed by atoms with Gasteiger partial charge in [0.25, 0.3) is 0 Å². The van der Waals surface area contributed by atoms with Crippen LogP contribution in [0.4, 0.5) is 0 Å². The van der Waals surface area contributed by atoms with Crippen molar-refractivity contribution >= 4 is 37.3 Å². The van der Waals surface area contributed by atoms with Gasteiger partial charge < -0.3 is 5.32 Å². The molecule has 0 radical (unpaired) electrons. The van der Waals surface area contributed by atoms with Crippen LogP contribution in [0.15, 0.2) is 15.2 Å². The molecule has 0 aliphatic carbocycles. The number of hydrogen-bond donors (Lipinski definition) is 2. The summed E-state index contributed by atoms with van der Waals surface area (Å²) in [5.41, 5.74) is 1.20. The van der Waals surface area contributed by atoms with Crippen LogP contribution in [0.25, 0.3) is 0 Å². The van der Waals surface area contributed by atoms with Gasteiger partial charge in [-0.1, -0.05) is 0 Å². The average Bonchev–Trinajstić information content (AvgIpc) is 2.49. The fourth-order valence-corrected chi connectivity index (χ4v) is 2.68. The molecule has 1 aromatic rings. The summed E-state index contributed by atoms with van der Waals surface area (Å²) in [5, 5.41) is 5.20. The van der Waals surface area contributed by atoms with E-state index in [4.69, 9.17) is 0 Å². The number of hydrogen-bond acceptors (Lipinski definition) is 4. The number of halogens is 1. The Hall–Kier alpha value is 0.0500. The molecule has 1 heterocycles. The fourth-order valence-electron chi connectivity index (χ4n) is 0.996. The Balaban J connectivity index is 2.12. The summed E-state index contributed by atoms with van der Waals surface area (Å²) in [7, 11) is -3.06. The van der Waals surface area contributed by atoms with Gasteiger partial charge >= 0.3 is 0 Å². The molecule has 0 spiro atoms. The quantitative estimate of drug-likeness (QED) is 0.775. The number of nitrogens with one attached hydrogen (secondary N) is 2. The van der Waals surface area contributed by atoms with Crippen molar-refractivity contribution in [3.63, 3.8) is 0 Å². The summed E-state index contributed by atoms with van der Waals surface area (Å²) in [6.07, 6.45) is 1.16. The summed E-state index contributed by atoms with van der Waals surface area (Å²) >= 11 is 5.02. The largest absolute Gasteiger partial charge is 0.311 e. The lowest BCUT2D eigenvalue weighted by molar-refractivity contribution is 0.582. The van der Waals surface area contributed by atoms with Gasteiger partial charge in [0.15, 0.2) is 0 Å². The maximum Gasteiger partial charge on any atom is 0.208 e. The molecule has 0 fully saturated rings. The second kappa shape index (κ2) is 5.95. The average molecular weight is 313 g/mol. The molecule has 0 aliphatic rings. The van der Waals surface area contributed by atoms with Gasteiger partial charge in [-0.05, 0) is 32.9 Å². The van der Waals surface area contributed by atoms with Crippen LogP contribution in [0.3, 0.4) is 0 Å². The first-order valence-corrected chi connectivity index (χ1v) is 7.92. The monoisotopic (exact) mass is 312 g/mol. The van der Waals surface area contributed by atoms with E-state index in [2.05, 4.69) is 31.3 Å². The third kappa shape index (κ3) is 6.26.